The van der Waals surface area contributed by atoms with Crippen molar-refractivity contribution >= 4 is 23.4 Å². The molecule has 0 radical (unpaired) electrons. The Balaban J connectivity index is 1.36. The van der Waals surface area contributed by atoms with E-state index in [9.17, 15) is 4.79 Å². The zero-order valence-corrected chi connectivity index (χ0v) is 16.2. The maximum atomic E-state index is 11.9. The standard InChI is InChI=1S/C21H28N6O/c1-22-21(25-13-7-6-12-24-19-10-4-5-11-23-19)26-15-16-14-20(28)27-18-9-3-2-8-17(16)18/h2-5,8-11,16H,6-7,12-15H2,1H3,(H,23,24)(H,27,28)(H2,22,25,26). The molecule has 1 aliphatic heterocycles. The van der Waals surface area contributed by atoms with Crippen LogP contribution in [0.25, 0.3) is 0 Å². The molecule has 1 aromatic heterocycles. The fourth-order valence-electron chi connectivity index (χ4n) is 3.27. The first-order valence-electron chi connectivity index (χ1n) is 9.74. The number of carbonyl (C=O) groups excluding carboxylic acids is 1. The van der Waals surface area contributed by atoms with Gasteiger partial charge in [0.2, 0.25) is 5.91 Å². The average molecular weight is 380 g/mol. The summed E-state index contributed by atoms with van der Waals surface area (Å²) < 4.78 is 0. The number of guanidine groups is 1. The maximum absolute atomic E-state index is 11.9. The van der Waals surface area contributed by atoms with Gasteiger partial charge in [-0.1, -0.05) is 24.3 Å². The van der Waals surface area contributed by atoms with E-state index >= 15 is 0 Å². The molecule has 1 aliphatic rings. The van der Waals surface area contributed by atoms with Crippen LogP contribution in [0.4, 0.5) is 11.5 Å². The molecule has 28 heavy (non-hydrogen) atoms. The lowest BCUT2D eigenvalue weighted by Gasteiger charge is -2.26. The van der Waals surface area contributed by atoms with Crippen molar-refractivity contribution in [3.8, 4) is 0 Å². The maximum Gasteiger partial charge on any atom is 0.225 e. The van der Waals surface area contributed by atoms with Crippen LogP contribution in [0.3, 0.4) is 0 Å². The minimum absolute atomic E-state index is 0.0638. The molecular formula is C21H28N6O. The highest BCUT2D eigenvalue weighted by Crippen LogP contribution is 2.31. The van der Waals surface area contributed by atoms with Gasteiger partial charge in [-0.2, -0.15) is 0 Å². The van der Waals surface area contributed by atoms with Crippen molar-refractivity contribution in [1.82, 2.24) is 15.6 Å². The SMILES string of the molecule is CN=C(NCCCCNc1ccccn1)NCC1CC(=O)Nc2ccccc21. The van der Waals surface area contributed by atoms with Crippen molar-refractivity contribution < 1.29 is 4.79 Å². The minimum atomic E-state index is 0.0638. The first kappa shape index (κ1) is 19.7. The van der Waals surface area contributed by atoms with Crippen LogP contribution in [0.2, 0.25) is 0 Å². The number of para-hydroxylation sites is 1. The number of aliphatic imine (C=N–C) groups is 1. The van der Waals surface area contributed by atoms with Gasteiger partial charge in [-0.3, -0.25) is 9.79 Å². The molecule has 3 rings (SSSR count). The zero-order valence-electron chi connectivity index (χ0n) is 16.2. The van der Waals surface area contributed by atoms with E-state index in [1.165, 1.54) is 5.56 Å². The normalized spacial score (nSPS) is 16.1. The number of anilines is 2. The van der Waals surface area contributed by atoms with E-state index in [-0.39, 0.29) is 11.8 Å². The number of rotatable bonds is 8. The lowest BCUT2D eigenvalue weighted by Crippen LogP contribution is -2.41. The molecule has 2 heterocycles. The molecule has 7 heteroatoms. The zero-order chi connectivity index (χ0) is 19.6. The molecule has 0 aliphatic carbocycles. The van der Waals surface area contributed by atoms with Crippen molar-refractivity contribution in [1.29, 1.82) is 0 Å². The highest BCUT2D eigenvalue weighted by molar-refractivity contribution is 5.94. The third-order valence-electron chi connectivity index (χ3n) is 4.71. The van der Waals surface area contributed by atoms with Crippen molar-refractivity contribution in [3.05, 3.63) is 54.2 Å². The van der Waals surface area contributed by atoms with Gasteiger partial charge in [-0.05, 0) is 36.6 Å². The molecule has 1 aromatic carbocycles. The van der Waals surface area contributed by atoms with Crippen LogP contribution >= 0.6 is 0 Å². The van der Waals surface area contributed by atoms with Crippen LogP contribution in [0.1, 0.15) is 30.7 Å². The molecule has 4 N–H and O–H groups in total. The van der Waals surface area contributed by atoms with Crippen LogP contribution in [-0.2, 0) is 4.79 Å². The predicted molar refractivity (Wildman–Crippen MR) is 114 cm³/mol. The first-order chi connectivity index (χ1) is 13.8. The van der Waals surface area contributed by atoms with Gasteiger partial charge in [0, 0.05) is 50.9 Å². The van der Waals surface area contributed by atoms with Gasteiger partial charge in [0.15, 0.2) is 5.96 Å². The second kappa shape index (κ2) is 10.3. The largest absolute Gasteiger partial charge is 0.370 e. The Labute approximate surface area is 166 Å². The Morgan fingerprint density at radius 3 is 2.79 bits per heavy atom. The highest BCUT2D eigenvalue weighted by Gasteiger charge is 2.24. The monoisotopic (exact) mass is 380 g/mol. The topological polar surface area (TPSA) is 90.4 Å². The lowest BCUT2D eigenvalue weighted by molar-refractivity contribution is -0.116. The third-order valence-corrected chi connectivity index (χ3v) is 4.71. The molecule has 2 aromatic rings. The second-order valence-electron chi connectivity index (χ2n) is 6.77. The van der Waals surface area contributed by atoms with Crippen molar-refractivity contribution in [2.75, 3.05) is 37.3 Å². The molecule has 0 bridgehead atoms. The number of amides is 1. The van der Waals surface area contributed by atoms with Crippen LogP contribution in [0, 0.1) is 0 Å². The third kappa shape index (κ3) is 5.70. The van der Waals surface area contributed by atoms with Crippen molar-refractivity contribution in [2.45, 2.75) is 25.2 Å². The Morgan fingerprint density at radius 1 is 1.14 bits per heavy atom. The summed E-state index contributed by atoms with van der Waals surface area (Å²) in [5.41, 5.74) is 2.08. The van der Waals surface area contributed by atoms with E-state index in [1.807, 2.05) is 36.4 Å². The number of nitrogens with one attached hydrogen (secondary N) is 4. The number of pyridine rings is 1. The van der Waals surface area contributed by atoms with Gasteiger partial charge in [0.25, 0.3) is 0 Å². The molecule has 0 spiro atoms. The summed E-state index contributed by atoms with van der Waals surface area (Å²) in [5.74, 6) is 1.88. The van der Waals surface area contributed by atoms with Crippen molar-refractivity contribution in [3.63, 3.8) is 0 Å². The van der Waals surface area contributed by atoms with Gasteiger partial charge in [-0.25, -0.2) is 4.98 Å². The molecule has 0 saturated carbocycles. The molecule has 1 amide bonds. The van der Waals surface area contributed by atoms with Gasteiger partial charge in [0.05, 0.1) is 0 Å². The van der Waals surface area contributed by atoms with Crippen LogP contribution < -0.4 is 21.3 Å². The van der Waals surface area contributed by atoms with E-state index in [2.05, 4.69) is 37.3 Å². The number of hydrogen-bond acceptors (Lipinski definition) is 4. The fourth-order valence-corrected chi connectivity index (χ4v) is 3.27. The van der Waals surface area contributed by atoms with E-state index < -0.39 is 0 Å². The highest BCUT2D eigenvalue weighted by atomic mass is 16.1. The van der Waals surface area contributed by atoms with E-state index in [4.69, 9.17) is 0 Å². The smallest absolute Gasteiger partial charge is 0.225 e. The van der Waals surface area contributed by atoms with Crippen LogP contribution in [-0.4, -0.2) is 43.5 Å². The molecular weight excluding hydrogens is 352 g/mol. The van der Waals surface area contributed by atoms with Gasteiger partial charge in [0.1, 0.15) is 5.82 Å². The van der Waals surface area contributed by atoms with Crippen LogP contribution in [0.5, 0.6) is 0 Å². The molecule has 0 saturated heterocycles. The van der Waals surface area contributed by atoms with Gasteiger partial charge in [-0.15, -0.1) is 0 Å². The van der Waals surface area contributed by atoms with Crippen LogP contribution in [0.15, 0.2) is 53.7 Å². The quantitative estimate of drug-likeness (QED) is 0.321. The first-order valence-corrected chi connectivity index (χ1v) is 9.74. The Bertz CT molecular complexity index is 792. The lowest BCUT2D eigenvalue weighted by atomic mass is 9.90. The molecule has 1 atom stereocenters. The summed E-state index contributed by atoms with van der Waals surface area (Å²) in [5, 5.41) is 12.9. The summed E-state index contributed by atoms with van der Waals surface area (Å²) >= 11 is 0. The molecule has 1 unspecified atom stereocenters. The Hall–Kier alpha value is -3.09. The van der Waals surface area contributed by atoms with E-state index in [0.29, 0.717) is 13.0 Å². The minimum Gasteiger partial charge on any atom is -0.370 e. The van der Waals surface area contributed by atoms with Gasteiger partial charge < -0.3 is 21.3 Å². The Kier molecular flexibility index (Phi) is 7.23. The number of carbonyl (C=O) groups is 1. The Morgan fingerprint density at radius 2 is 1.96 bits per heavy atom. The predicted octanol–water partition coefficient (Wildman–Crippen LogP) is 2.56. The molecule has 148 valence electrons. The summed E-state index contributed by atoms with van der Waals surface area (Å²) in [6, 6.07) is 13.8. The van der Waals surface area contributed by atoms with Gasteiger partial charge >= 0.3 is 0 Å². The molecule has 7 nitrogen and oxygen atoms in total. The van der Waals surface area contributed by atoms with E-state index in [1.54, 1.807) is 13.2 Å². The number of benzene rings is 1. The number of unbranched alkanes of at least 4 members (excludes halogenated alkanes) is 1. The number of fused-ring (bicyclic) bond motifs is 1. The van der Waals surface area contributed by atoms with Crippen molar-refractivity contribution in [2.24, 2.45) is 4.99 Å². The fraction of sp³-hybridized carbons (Fsp3) is 0.381. The second-order valence-corrected chi connectivity index (χ2v) is 6.77. The summed E-state index contributed by atoms with van der Waals surface area (Å²) in [6.45, 7) is 2.40. The summed E-state index contributed by atoms with van der Waals surface area (Å²) in [7, 11) is 1.76. The van der Waals surface area contributed by atoms with E-state index in [0.717, 1.165) is 43.4 Å². The average Bonchev–Trinajstić information content (AvgIpc) is 2.73. The number of nitrogens with zero attached hydrogens (tertiary/aromatic N) is 2. The summed E-state index contributed by atoms with van der Waals surface area (Å²) in [6.07, 6.45) is 4.33. The molecule has 0 fully saturated rings. The summed E-state index contributed by atoms with van der Waals surface area (Å²) in [4.78, 5) is 20.5. The number of aromatic nitrogens is 1. The number of hydrogen-bond donors (Lipinski definition) is 4.